The van der Waals surface area contributed by atoms with Gasteiger partial charge in [-0.3, -0.25) is 0 Å². The van der Waals surface area contributed by atoms with Crippen molar-refractivity contribution in [1.29, 1.82) is 0 Å². The summed E-state index contributed by atoms with van der Waals surface area (Å²) in [6.07, 6.45) is -5.93. The Balaban J connectivity index is 1.64. The molecule has 0 bridgehead atoms. The number of aliphatic hydroxyl groups is 4. The Labute approximate surface area is 168 Å². The third kappa shape index (κ3) is 3.99. The van der Waals surface area contributed by atoms with Crippen LogP contribution >= 0.6 is 0 Å². The summed E-state index contributed by atoms with van der Waals surface area (Å²) in [4.78, 5) is 0. The van der Waals surface area contributed by atoms with Crippen molar-refractivity contribution in [2.45, 2.75) is 37.1 Å². The number of hydrogen-bond acceptors (Lipinski definition) is 6. The van der Waals surface area contributed by atoms with Crippen molar-refractivity contribution in [2.24, 2.45) is 0 Å². The molecule has 4 N–H and O–H groups in total. The maximum Gasteiger partial charge on any atom is 0.127 e. The van der Waals surface area contributed by atoms with E-state index in [1.54, 1.807) is 6.07 Å². The Hall–Kier alpha value is -2.48. The first kappa shape index (κ1) is 19.8. The van der Waals surface area contributed by atoms with Crippen LogP contribution in [0, 0.1) is 0 Å². The number of benzene rings is 3. The van der Waals surface area contributed by atoms with Crippen LogP contribution in [0.25, 0.3) is 10.8 Å². The van der Waals surface area contributed by atoms with Gasteiger partial charge in [-0.1, -0.05) is 54.6 Å². The van der Waals surface area contributed by atoms with E-state index in [1.165, 1.54) is 0 Å². The number of ether oxygens (including phenoxy) is 2. The lowest BCUT2D eigenvalue weighted by molar-refractivity contribution is -0.231. The Morgan fingerprint density at radius 3 is 2.38 bits per heavy atom. The molecule has 1 aliphatic rings. The van der Waals surface area contributed by atoms with E-state index in [2.05, 4.69) is 0 Å². The van der Waals surface area contributed by atoms with Crippen LogP contribution in [0.15, 0.2) is 66.7 Å². The van der Waals surface area contributed by atoms with Crippen LogP contribution in [0.4, 0.5) is 0 Å². The second-order valence-electron chi connectivity index (χ2n) is 7.26. The molecule has 1 fully saturated rings. The van der Waals surface area contributed by atoms with Crippen LogP contribution in [-0.4, -0.2) is 51.4 Å². The fourth-order valence-electron chi connectivity index (χ4n) is 3.68. The van der Waals surface area contributed by atoms with Crippen LogP contribution < -0.4 is 4.74 Å². The Bertz CT molecular complexity index is 958. The number of aliphatic hydroxyl groups excluding tert-OH is 4. The van der Waals surface area contributed by atoms with E-state index < -0.39 is 37.1 Å². The van der Waals surface area contributed by atoms with Crippen molar-refractivity contribution in [3.05, 3.63) is 77.9 Å². The minimum absolute atomic E-state index is 0.421. The highest BCUT2D eigenvalue weighted by molar-refractivity contribution is 5.89. The molecule has 29 heavy (non-hydrogen) atoms. The Kier molecular flexibility index (Phi) is 5.80. The lowest BCUT2D eigenvalue weighted by Gasteiger charge is -2.40. The van der Waals surface area contributed by atoms with E-state index in [0.717, 1.165) is 16.3 Å². The summed E-state index contributed by atoms with van der Waals surface area (Å²) < 4.78 is 11.7. The molecule has 0 unspecified atom stereocenters. The Morgan fingerprint density at radius 2 is 1.62 bits per heavy atom. The highest BCUT2D eigenvalue weighted by atomic mass is 16.5. The summed E-state index contributed by atoms with van der Waals surface area (Å²) >= 11 is 0. The second-order valence-corrected chi connectivity index (χ2v) is 7.26. The molecule has 0 aliphatic carbocycles. The van der Waals surface area contributed by atoms with Crippen LogP contribution in [0.3, 0.4) is 0 Å². The number of fused-ring (bicyclic) bond motifs is 1. The van der Waals surface area contributed by atoms with Crippen LogP contribution in [0.5, 0.6) is 5.75 Å². The average Bonchev–Trinajstić information content (AvgIpc) is 2.77. The molecule has 0 aromatic heterocycles. The van der Waals surface area contributed by atoms with E-state index in [1.807, 2.05) is 60.7 Å². The summed E-state index contributed by atoms with van der Waals surface area (Å²) in [6.45, 7) is -0.0370. The van der Waals surface area contributed by atoms with E-state index in [0.29, 0.717) is 17.9 Å². The molecule has 152 valence electrons. The van der Waals surface area contributed by atoms with Crippen LogP contribution in [0.1, 0.15) is 17.2 Å². The van der Waals surface area contributed by atoms with Gasteiger partial charge in [0.1, 0.15) is 42.9 Å². The zero-order valence-corrected chi connectivity index (χ0v) is 15.8. The second kappa shape index (κ2) is 8.49. The first-order valence-corrected chi connectivity index (χ1v) is 9.58. The molecule has 6 nitrogen and oxygen atoms in total. The molecule has 1 saturated heterocycles. The molecule has 3 aromatic carbocycles. The molecule has 0 saturated carbocycles. The van der Waals surface area contributed by atoms with Gasteiger partial charge >= 0.3 is 0 Å². The van der Waals surface area contributed by atoms with Gasteiger partial charge in [-0.2, -0.15) is 0 Å². The fraction of sp³-hybridized carbons (Fsp3) is 0.304. The largest absolute Gasteiger partial charge is 0.488 e. The van der Waals surface area contributed by atoms with Crippen molar-refractivity contribution >= 4 is 10.8 Å². The number of rotatable bonds is 5. The maximum absolute atomic E-state index is 10.4. The van der Waals surface area contributed by atoms with Gasteiger partial charge in [-0.15, -0.1) is 0 Å². The summed E-state index contributed by atoms with van der Waals surface area (Å²) in [7, 11) is 0. The Morgan fingerprint density at radius 1 is 0.828 bits per heavy atom. The molecule has 5 atom stereocenters. The van der Waals surface area contributed by atoms with Gasteiger partial charge in [0.15, 0.2) is 0 Å². The summed E-state index contributed by atoms with van der Waals surface area (Å²) in [5.41, 5.74) is 1.68. The van der Waals surface area contributed by atoms with Crippen molar-refractivity contribution in [3.63, 3.8) is 0 Å². The van der Waals surface area contributed by atoms with Gasteiger partial charge in [0.05, 0.1) is 6.61 Å². The minimum atomic E-state index is -1.41. The number of hydrogen-bond donors (Lipinski definition) is 4. The summed E-state index contributed by atoms with van der Waals surface area (Å²) in [5, 5.41) is 41.7. The zero-order valence-electron chi connectivity index (χ0n) is 15.8. The van der Waals surface area contributed by atoms with Crippen molar-refractivity contribution in [1.82, 2.24) is 0 Å². The first-order chi connectivity index (χ1) is 14.1. The molecule has 6 heteroatoms. The van der Waals surface area contributed by atoms with Gasteiger partial charge in [0.25, 0.3) is 0 Å². The van der Waals surface area contributed by atoms with Gasteiger partial charge in [-0.05, 0) is 28.6 Å². The van der Waals surface area contributed by atoms with Crippen molar-refractivity contribution < 1.29 is 29.9 Å². The highest BCUT2D eigenvalue weighted by Crippen LogP contribution is 2.35. The summed E-state index contributed by atoms with van der Waals surface area (Å²) in [6, 6.07) is 21.1. The van der Waals surface area contributed by atoms with E-state index in [4.69, 9.17) is 9.47 Å². The summed E-state index contributed by atoms with van der Waals surface area (Å²) in [5.74, 6) is 0.692. The quantitative estimate of drug-likeness (QED) is 0.526. The zero-order chi connectivity index (χ0) is 20.4. The molecule has 3 aromatic rings. The van der Waals surface area contributed by atoms with Gasteiger partial charge in [0.2, 0.25) is 0 Å². The fourth-order valence-corrected chi connectivity index (χ4v) is 3.68. The van der Waals surface area contributed by atoms with Gasteiger partial charge in [0, 0.05) is 5.39 Å². The first-order valence-electron chi connectivity index (χ1n) is 9.58. The molecule has 1 heterocycles. The predicted octanol–water partition coefficient (Wildman–Crippen LogP) is 1.93. The van der Waals surface area contributed by atoms with Crippen molar-refractivity contribution in [3.8, 4) is 5.75 Å². The molecular formula is C23H24O6. The van der Waals surface area contributed by atoms with Crippen LogP contribution in [0.2, 0.25) is 0 Å². The monoisotopic (exact) mass is 396 g/mol. The SMILES string of the molecule is OC[C@H]1O[C@@H](c2ccc3cccc(OCc4ccccc4)c3c2)[C@H](O)[C@@H](O)[C@@H]1O. The van der Waals surface area contributed by atoms with Gasteiger partial charge < -0.3 is 29.9 Å². The molecule has 4 rings (SSSR count). The minimum Gasteiger partial charge on any atom is -0.488 e. The molecular weight excluding hydrogens is 372 g/mol. The molecule has 0 amide bonds. The van der Waals surface area contributed by atoms with Crippen LogP contribution in [-0.2, 0) is 11.3 Å². The lowest BCUT2D eigenvalue weighted by atomic mass is 9.90. The third-order valence-corrected chi connectivity index (χ3v) is 5.32. The topological polar surface area (TPSA) is 99.4 Å². The standard InChI is InChI=1S/C23H24O6/c24-12-19-20(25)21(26)22(27)23(29-19)16-10-9-15-7-4-8-18(17(15)11-16)28-13-14-5-2-1-3-6-14/h1-11,19-27H,12-13H2/t19-,20-,21+,22-,23+/m1/s1. The maximum atomic E-state index is 10.4. The predicted molar refractivity (Wildman–Crippen MR) is 107 cm³/mol. The van der Waals surface area contributed by atoms with Gasteiger partial charge in [-0.25, -0.2) is 0 Å². The third-order valence-electron chi connectivity index (χ3n) is 5.32. The normalized spacial score (nSPS) is 27.1. The molecule has 1 aliphatic heterocycles. The van der Waals surface area contributed by atoms with E-state index in [-0.39, 0.29) is 0 Å². The smallest absolute Gasteiger partial charge is 0.127 e. The highest BCUT2D eigenvalue weighted by Gasteiger charge is 2.43. The molecule has 0 radical (unpaired) electrons. The van der Waals surface area contributed by atoms with Crippen molar-refractivity contribution in [2.75, 3.05) is 6.61 Å². The molecule has 0 spiro atoms. The van der Waals surface area contributed by atoms with E-state index >= 15 is 0 Å². The van der Waals surface area contributed by atoms with E-state index in [9.17, 15) is 20.4 Å². The lowest BCUT2D eigenvalue weighted by Crippen LogP contribution is -2.55. The average molecular weight is 396 g/mol.